The van der Waals surface area contributed by atoms with Crippen LogP contribution in [0.5, 0.6) is 0 Å². The van der Waals surface area contributed by atoms with Crippen LogP contribution < -0.4 is 17.0 Å². The molecule has 1 aromatic rings. The first-order valence-electron chi connectivity index (χ1n) is 6.90. The van der Waals surface area contributed by atoms with E-state index in [-0.39, 0.29) is 6.04 Å². The Morgan fingerprint density at radius 1 is 1.56 bits per heavy atom. The van der Waals surface area contributed by atoms with Crippen LogP contribution >= 0.6 is 0 Å². The summed E-state index contributed by atoms with van der Waals surface area (Å²) >= 11 is 0. The summed E-state index contributed by atoms with van der Waals surface area (Å²) in [6.45, 7) is 2.27. The highest BCUT2D eigenvalue weighted by atomic mass is 15.3. The Bertz CT molecular complexity index is 387. The van der Waals surface area contributed by atoms with Gasteiger partial charge < -0.3 is 5.73 Å². The lowest BCUT2D eigenvalue weighted by atomic mass is 9.75. The molecule has 0 aromatic carbocycles. The molecule has 1 aromatic heterocycles. The van der Waals surface area contributed by atoms with Gasteiger partial charge in [-0.2, -0.15) is 5.10 Å². The van der Waals surface area contributed by atoms with Crippen LogP contribution in [0, 0.1) is 11.8 Å². The van der Waals surface area contributed by atoms with Gasteiger partial charge in [0.15, 0.2) is 0 Å². The van der Waals surface area contributed by atoms with Crippen molar-refractivity contribution >= 4 is 5.82 Å². The molecule has 1 heterocycles. The molecule has 5 heteroatoms. The van der Waals surface area contributed by atoms with Gasteiger partial charge in [0.2, 0.25) is 0 Å². The maximum Gasteiger partial charge on any atom is 0.126 e. The number of nitrogen functional groups attached to an aromatic ring is 1. The monoisotopic (exact) mass is 251 g/mol. The highest BCUT2D eigenvalue weighted by Crippen LogP contribution is 2.39. The Balaban J connectivity index is 2.15. The van der Waals surface area contributed by atoms with Gasteiger partial charge in [0, 0.05) is 12.6 Å². The molecule has 0 bridgehead atoms. The summed E-state index contributed by atoms with van der Waals surface area (Å²) in [5.74, 6) is 7.88. The van der Waals surface area contributed by atoms with Crippen LogP contribution in [0.4, 0.5) is 5.82 Å². The zero-order chi connectivity index (χ0) is 13.1. The predicted molar refractivity (Wildman–Crippen MR) is 73.4 cm³/mol. The topological polar surface area (TPSA) is 81.9 Å². The average Bonchev–Trinajstić information content (AvgIpc) is 2.72. The van der Waals surface area contributed by atoms with Crippen molar-refractivity contribution in [1.29, 1.82) is 0 Å². The van der Waals surface area contributed by atoms with Crippen molar-refractivity contribution in [3.63, 3.8) is 0 Å². The minimum atomic E-state index is 0.132. The van der Waals surface area contributed by atoms with E-state index in [9.17, 15) is 0 Å². The second-order valence-electron chi connectivity index (χ2n) is 5.45. The number of nitrogens with one attached hydrogen (secondary N) is 1. The van der Waals surface area contributed by atoms with E-state index in [1.807, 2.05) is 13.2 Å². The van der Waals surface area contributed by atoms with Crippen LogP contribution in [0.25, 0.3) is 0 Å². The lowest BCUT2D eigenvalue weighted by molar-refractivity contribution is 0.210. The fourth-order valence-corrected chi connectivity index (χ4v) is 3.19. The van der Waals surface area contributed by atoms with Gasteiger partial charge in [0.05, 0.1) is 12.2 Å². The first-order valence-corrected chi connectivity index (χ1v) is 6.90. The largest absolute Gasteiger partial charge is 0.384 e. The summed E-state index contributed by atoms with van der Waals surface area (Å²) in [7, 11) is 1.86. The maximum absolute atomic E-state index is 6.06. The third kappa shape index (κ3) is 2.52. The van der Waals surface area contributed by atoms with E-state index >= 15 is 0 Å². The van der Waals surface area contributed by atoms with Crippen LogP contribution in [0.1, 0.15) is 50.6 Å². The molecule has 18 heavy (non-hydrogen) atoms. The molecule has 0 amide bonds. The summed E-state index contributed by atoms with van der Waals surface area (Å²) < 4.78 is 1.71. The molecule has 5 N–H and O–H groups in total. The number of nitrogens with zero attached hydrogens (tertiary/aromatic N) is 2. The summed E-state index contributed by atoms with van der Waals surface area (Å²) in [4.78, 5) is 0. The first-order chi connectivity index (χ1) is 8.67. The Morgan fingerprint density at radius 3 is 2.89 bits per heavy atom. The third-order valence-corrected chi connectivity index (χ3v) is 4.40. The normalized spacial score (nSPS) is 26.2. The molecule has 0 radical (unpaired) electrons. The molecule has 2 rings (SSSR count). The molecule has 0 saturated heterocycles. The number of rotatable bonds is 4. The number of aromatic nitrogens is 2. The van der Waals surface area contributed by atoms with Gasteiger partial charge in [-0.25, -0.2) is 0 Å². The van der Waals surface area contributed by atoms with Crippen LogP contribution in [0.15, 0.2) is 6.20 Å². The molecule has 3 unspecified atom stereocenters. The molecule has 1 fully saturated rings. The summed E-state index contributed by atoms with van der Waals surface area (Å²) in [5, 5.41) is 4.22. The zero-order valence-corrected chi connectivity index (χ0v) is 11.4. The number of nitrogens with two attached hydrogens (primary N) is 2. The van der Waals surface area contributed by atoms with Crippen molar-refractivity contribution in [2.24, 2.45) is 24.7 Å². The van der Waals surface area contributed by atoms with Crippen molar-refractivity contribution in [1.82, 2.24) is 15.2 Å². The van der Waals surface area contributed by atoms with Crippen molar-refractivity contribution < 1.29 is 0 Å². The van der Waals surface area contributed by atoms with E-state index in [0.717, 1.165) is 17.3 Å². The lowest BCUT2D eigenvalue weighted by Gasteiger charge is -2.33. The second kappa shape index (κ2) is 5.71. The quantitative estimate of drug-likeness (QED) is 0.562. The number of aryl methyl sites for hydroxylation is 1. The van der Waals surface area contributed by atoms with Crippen molar-refractivity contribution in [3.8, 4) is 0 Å². The van der Waals surface area contributed by atoms with E-state index in [1.165, 1.54) is 32.1 Å². The fourth-order valence-electron chi connectivity index (χ4n) is 3.19. The van der Waals surface area contributed by atoms with Crippen molar-refractivity contribution in [3.05, 3.63) is 11.8 Å². The number of hydrogen-bond donors (Lipinski definition) is 3. The number of hydrogen-bond acceptors (Lipinski definition) is 4. The molecule has 1 aliphatic carbocycles. The maximum atomic E-state index is 6.06. The minimum absolute atomic E-state index is 0.132. The second-order valence-corrected chi connectivity index (χ2v) is 5.45. The van der Waals surface area contributed by atoms with Gasteiger partial charge in [-0.15, -0.1) is 0 Å². The average molecular weight is 251 g/mol. The predicted octanol–water partition coefficient (Wildman–Crippen LogP) is 1.72. The van der Waals surface area contributed by atoms with E-state index < -0.39 is 0 Å². The van der Waals surface area contributed by atoms with Gasteiger partial charge in [0.1, 0.15) is 5.82 Å². The van der Waals surface area contributed by atoms with Crippen LogP contribution in [-0.4, -0.2) is 9.78 Å². The Hall–Kier alpha value is -1.07. The third-order valence-electron chi connectivity index (χ3n) is 4.40. The van der Waals surface area contributed by atoms with Crippen LogP contribution in [0.2, 0.25) is 0 Å². The number of hydrazine groups is 1. The van der Waals surface area contributed by atoms with Crippen molar-refractivity contribution in [2.75, 3.05) is 5.73 Å². The highest BCUT2D eigenvalue weighted by molar-refractivity contribution is 5.41. The van der Waals surface area contributed by atoms with Crippen LogP contribution in [-0.2, 0) is 7.05 Å². The lowest BCUT2D eigenvalue weighted by Crippen LogP contribution is -2.36. The van der Waals surface area contributed by atoms with Gasteiger partial charge in [-0.3, -0.25) is 16.0 Å². The Morgan fingerprint density at radius 2 is 2.33 bits per heavy atom. The zero-order valence-electron chi connectivity index (χ0n) is 11.4. The van der Waals surface area contributed by atoms with Gasteiger partial charge in [-0.05, 0) is 24.7 Å². The minimum Gasteiger partial charge on any atom is -0.384 e. The van der Waals surface area contributed by atoms with Gasteiger partial charge in [0.25, 0.3) is 0 Å². The molecule has 0 aliphatic heterocycles. The smallest absolute Gasteiger partial charge is 0.126 e. The molecule has 1 saturated carbocycles. The van der Waals surface area contributed by atoms with E-state index in [2.05, 4.69) is 17.4 Å². The van der Waals surface area contributed by atoms with Gasteiger partial charge >= 0.3 is 0 Å². The molecule has 102 valence electrons. The fraction of sp³-hybridized carbons (Fsp3) is 0.769. The molecule has 5 nitrogen and oxygen atoms in total. The van der Waals surface area contributed by atoms with E-state index in [0.29, 0.717) is 5.92 Å². The molecular weight excluding hydrogens is 226 g/mol. The number of anilines is 1. The molecule has 1 aliphatic rings. The van der Waals surface area contributed by atoms with E-state index in [1.54, 1.807) is 4.68 Å². The van der Waals surface area contributed by atoms with Crippen LogP contribution in [0.3, 0.4) is 0 Å². The summed E-state index contributed by atoms with van der Waals surface area (Å²) in [6.07, 6.45) is 8.21. The van der Waals surface area contributed by atoms with Crippen molar-refractivity contribution in [2.45, 2.75) is 45.1 Å². The first kappa shape index (κ1) is 13.4. The summed E-state index contributed by atoms with van der Waals surface area (Å²) in [6, 6.07) is 0.132. The standard InChI is InChI=1S/C13H25N5/c1-3-9-5-4-6-10(7-9)12(17-15)11-8-16-18(2)13(11)14/h8-10,12,17H,3-7,14-15H2,1-2H3. The molecule has 3 atom stereocenters. The molecular formula is C13H25N5. The SMILES string of the molecule is CCC1CCCC(C(NN)c2cnn(C)c2N)C1. The summed E-state index contributed by atoms with van der Waals surface area (Å²) in [5.41, 5.74) is 10.1. The molecule has 0 spiro atoms. The van der Waals surface area contributed by atoms with E-state index in [4.69, 9.17) is 11.6 Å². The Labute approximate surface area is 109 Å². The van der Waals surface area contributed by atoms with Gasteiger partial charge in [-0.1, -0.05) is 26.2 Å². The Kier molecular flexibility index (Phi) is 4.24. The highest BCUT2D eigenvalue weighted by Gasteiger charge is 2.30.